The van der Waals surface area contributed by atoms with E-state index in [1.54, 1.807) is 73.8 Å². The maximum Gasteiger partial charge on any atom is 0.329 e. The van der Waals surface area contributed by atoms with E-state index < -0.39 is 17.7 Å². The number of nitrogens with one attached hydrogen (secondary N) is 2. The van der Waals surface area contributed by atoms with Gasteiger partial charge < -0.3 is 20.5 Å². The molecule has 7 nitrogen and oxygen atoms in total. The molecule has 3 amide bonds. The number of benzene rings is 3. The normalized spacial score (nSPS) is 17.7. The fourth-order valence-electron chi connectivity index (χ4n) is 3.49. The highest BCUT2D eigenvalue weighted by atomic mass is 16.5. The second-order valence-corrected chi connectivity index (χ2v) is 6.85. The van der Waals surface area contributed by atoms with Crippen LogP contribution in [-0.2, 0) is 17.1 Å². The molecule has 0 fully saturated rings. The van der Waals surface area contributed by atoms with Crippen LogP contribution in [0.2, 0.25) is 0 Å². The number of nitrogens with zero attached hydrogens (tertiary/aromatic N) is 1. The Hall–Kier alpha value is -3.84. The van der Waals surface area contributed by atoms with Crippen molar-refractivity contribution in [3.8, 4) is 5.75 Å². The topological polar surface area (TPSA) is 90.9 Å². The number of fused-ring (bicyclic) bond motifs is 1. The second kappa shape index (κ2) is 7.88. The minimum Gasteiger partial charge on any atom is -0.497 e. The Morgan fingerprint density at radius 3 is 2.40 bits per heavy atom. The summed E-state index contributed by atoms with van der Waals surface area (Å²) in [7, 11) is 1.58. The molecular formula is C23H21N3O4. The summed E-state index contributed by atoms with van der Waals surface area (Å²) in [5.41, 5.74) is -0.316. The molecule has 152 valence electrons. The summed E-state index contributed by atoms with van der Waals surface area (Å²) in [6, 6.07) is 21.9. The number of ether oxygens (including phenoxy) is 1. The molecule has 1 aliphatic heterocycles. The Kier molecular flexibility index (Phi) is 5.12. The number of rotatable bonds is 5. The molecule has 30 heavy (non-hydrogen) atoms. The Labute approximate surface area is 173 Å². The van der Waals surface area contributed by atoms with Crippen LogP contribution in [0.15, 0.2) is 78.9 Å². The lowest BCUT2D eigenvalue weighted by Crippen LogP contribution is -2.62. The van der Waals surface area contributed by atoms with Gasteiger partial charge in [-0.05, 0) is 35.9 Å². The molecular weight excluding hydrogens is 382 g/mol. The van der Waals surface area contributed by atoms with Crippen molar-refractivity contribution in [3.63, 3.8) is 0 Å². The van der Waals surface area contributed by atoms with Gasteiger partial charge >= 0.3 is 6.03 Å². The molecule has 1 atom stereocenters. The standard InChI is InChI=1S/C23H21N3O4/c1-30-18-13-11-16(12-14-18)15-24-21(27)23(29)19-9-5-6-10-20(19)25-22(28)26(23)17-7-3-2-4-8-17/h2-14,29H,15H2,1H3,(H,24,27)(H,25,28)/t23-/m0/s1. The first-order chi connectivity index (χ1) is 14.5. The van der Waals surface area contributed by atoms with Crippen molar-refractivity contribution in [1.29, 1.82) is 0 Å². The molecule has 0 spiro atoms. The maximum absolute atomic E-state index is 13.3. The number of carbonyl (C=O) groups is 2. The van der Waals surface area contributed by atoms with Gasteiger partial charge in [0.1, 0.15) is 5.75 Å². The van der Waals surface area contributed by atoms with Crippen LogP contribution in [0.3, 0.4) is 0 Å². The van der Waals surface area contributed by atoms with E-state index >= 15 is 0 Å². The number of amides is 3. The van der Waals surface area contributed by atoms with Crippen LogP contribution in [0, 0.1) is 0 Å². The second-order valence-electron chi connectivity index (χ2n) is 6.85. The number of urea groups is 1. The molecule has 0 saturated carbocycles. The van der Waals surface area contributed by atoms with Gasteiger partial charge in [-0.2, -0.15) is 0 Å². The van der Waals surface area contributed by atoms with Gasteiger partial charge in [-0.3, -0.25) is 9.69 Å². The van der Waals surface area contributed by atoms with Gasteiger partial charge in [0.2, 0.25) is 0 Å². The van der Waals surface area contributed by atoms with E-state index in [4.69, 9.17) is 4.74 Å². The van der Waals surface area contributed by atoms with Crippen molar-refractivity contribution in [2.75, 3.05) is 17.3 Å². The quantitative estimate of drug-likeness (QED) is 0.610. The van der Waals surface area contributed by atoms with Gasteiger partial charge in [-0.1, -0.05) is 48.5 Å². The molecule has 0 radical (unpaired) electrons. The molecule has 3 N–H and O–H groups in total. The summed E-state index contributed by atoms with van der Waals surface area (Å²) in [5, 5.41) is 17.2. The lowest BCUT2D eigenvalue weighted by molar-refractivity contribution is -0.140. The third kappa shape index (κ3) is 3.35. The van der Waals surface area contributed by atoms with Crippen LogP contribution in [0.5, 0.6) is 5.75 Å². The average Bonchev–Trinajstić information content (AvgIpc) is 2.78. The van der Waals surface area contributed by atoms with Crippen molar-refractivity contribution in [2.24, 2.45) is 0 Å². The Morgan fingerprint density at radius 2 is 1.70 bits per heavy atom. The minimum absolute atomic E-state index is 0.178. The van der Waals surface area contributed by atoms with E-state index in [-0.39, 0.29) is 6.54 Å². The lowest BCUT2D eigenvalue weighted by atomic mass is 9.94. The third-order valence-corrected chi connectivity index (χ3v) is 5.01. The molecule has 0 bridgehead atoms. The lowest BCUT2D eigenvalue weighted by Gasteiger charge is -2.42. The first-order valence-electron chi connectivity index (χ1n) is 9.43. The predicted molar refractivity (Wildman–Crippen MR) is 113 cm³/mol. The first kappa shape index (κ1) is 19.5. The molecule has 1 aliphatic rings. The summed E-state index contributed by atoms with van der Waals surface area (Å²) < 4.78 is 5.14. The molecule has 0 saturated heterocycles. The fourth-order valence-corrected chi connectivity index (χ4v) is 3.49. The number of carbonyl (C=O) groups excluding carboxylic acids is 2. The monoisotopic (exact) mass is 403 g/mol. The maximum atomic E-state index is 13.3. The number of aliphatic hydroxyl groups is 1. The van der Waals surface area contributed by atoms with Crippen molar-refractivity contribution in [1.82, 2.24) is 5.32 Å². The van der Waals surface area contributed by atoms with Crippen LogP contribution in [0.4, 0.5) is 16.2 Å². The zero-order valence-electron chi connectivity index (χ0n) is 16.3. The highest BCUT2D eigenvalue weighted by molar-refractivity contribution is 6.11. The molecule has 0 aromatic heterocycles. The Balaban J connectivity index is 1.70. The number of hydrogen-bond acceptors (Lipinski definition) is 4. The van der Waals surface area contributed by atoms with Crippen LogP contribution in [-0.4, -0.2) is 24.2 Å². The van der Waals surface area contributed by atoms with Crippen molar-refractivity contribution < 1.29 is 19.4 Å². The van der Waals surface area contributed by atoms with Crippen LogP contribution in [0.1, 0.15) is 11.1 Å². The minimum atomic E-state index is -2.22. The van der Waals surface area contributed by atoms with Gasteiger partial charge in [0.05, 0.1) is 12.8 Å². The van der Waals surface area contributed by atoms with Crippen molar-refractivity contribution in [3.05, 3.63) is 90.0 Å². The van der Waals surface area contributed by atoms with Crippen LogP contribution in [0.25, 0.3) is 0 Å². The summed E-state index contributed by atoms with van der Waals surface area (Å²) in [4.78, 5) is 27.3. The largest absolute Gasteiger partial charge is 0.497 e. The van der Waals surface area contributed by atoms with Crippen molar-refractivity contribution in [2.45, 2.75) is 12.3 Å². The molecule has 7 heteroatoms. The fraction of sp³-hybridized carbons (Fsp3) is 0.130. The first-order valence-corrected chi connectivity index (χ1v) is 9.43. The van der Waals surface area contributed by atoms with E-state index in [9.17, 15) is 14.7 Å². The zero-order chi connectivity index (χ0) is 21.1. The molecule has 1 heterocycles. The van der Waals surface area contributed by atoms with Crippen molar-refractivity contribution >= 4 is 23.3 Å². The van der Waals surface area contributed by atoms with Gasteiger partial charge in [0.15, 0.2) is 0 Å². The highest BCUT2D eigenvalue weighted by Gasteiger charge is 2.51. The molecule has 4 rings (SSSR count). The van der Waals surface area contributed by atoms with E-state index in [1.807, 2.05) is 12.1 Å². The zero-order valence-corrected chi connectivity index (χ0v) is 16.3. The van der Waals surface area contributed by atoms with E-state index in [0.29, 0.717) is 22.7 Å². The summed E-state index contributed by atoms with van der Waals surface area (Å²) in [5.74, 6) is 0.00121. The summed E-state index contributed by atoms with van der Waals surface area (Å²) in [6.45, 7) is 0.178. The van der Waals surface area contributed by atoms with E-state index in [0.717, 1.165) is 10.5 Å². The Morgan fingerprint density at radius 1 is 1.03 bits per heavy atom. The molecule has 0 unspecified atom stereocenters. The summed E-state index contributed by atoms with van der Waals surface area (Å²) in [6.07, 6.45) is 0. The van der Waals surface area contributed by atoms with E-state index in [2.05, 4.69) is 10.6 Å². The summed E-state index contributed by atoms with van der Waals surface area (Å²) >= 11 is 0. The predicted octanol–water partition coefficient (Wildman–Crippen LogP) is 3.21. The molecule has 3 aromatic carbocycles. The molecule has 3 aromatic rings. The smallest absolute Gasteiger partial charge is 0.329 e. The van der Waals surface area contributed by atoms with Gasteiger partial charge in [0, 0.05) is 17.8 Å². The number of hydrogen-bond donors (Lipinski definition) is 3. The number of para-hydroxylation sites is 2. The third-order valence-electron chi connectivity index (χ3n) is 5.01. The van der Waals surface area contributed by atoms with E-state index in [1.165, 1.54) is 0 Å². The van der Waals surface area contributed by atoms with Crippen LogP contribution < -0.4 is 20.3 Å². The average molecular weight is 403 g/mol. The number of anilines is 2. The van der Waals surface area contributed by atoms with Gasteiger partial charge in [-0.25, -0.2) is 4.79 Å². The molecule has 0 aliphatic carbocycles. The number of methoxy groups -OCH3 is 1. The SMILES string of the molecule is COc1ccc(CNC(=O)[C@@]2(O)c3ccccc3NC(=O)N2c2ccccc2)cc1. The van der Waals surface area contributed by atoms with Gasteiger partial charge in [0.25, 0.3) is 11.6 Å². The highest BCUT2D eigenvalue weighted by Crippen LogP contribution is 2.39. The van der Waals surface area contributed by atoms with Gasteiger partial charge in [-0.15, -0.1) is 0 Å². The Bertz CT molecular complexity index is 1070. The van der Waals surface area contributed by atoms with Crippen LogP contribution >= 0.6 is 0 Å².